The van der Waals surface area contributed by atoms with Crippen LogP contribution in [0.3, 0.4) is 0 Å². The van der Waals surface area contributed by atoms with Crippen LogP contribution in [0.1, 0.15) is 5.56 Å². The van der Waals surface area contributed by atoms with E-state index in [1.165, 1.54) is 0 Å². The van der Waals surface area contributed by atoms with Crippen molar-refractivity contribution in [3.05, 3.63) is 34.7 Å². The van der Waals surface area contributed by atoms with Gasteiger partial charge in [-0.15, -0.1) is 0 Å². The summed E-state index contributed by atoms with van der Waals surface area (Å²) in [5, 5.41) is 0. The van der Waals surface area contributed by atoms with Gasteiger partial charge in [0, 0.05) is 11.3 Å². The predicted molar refractivity (Wildman–Crippen MR) is 44.9 cm³/mol. The normalized spacial score (nSPS) is 10.3. The first-order valence-corrected chi connectivity index (χ1v) is 3.50. The summed E-state index contributed by atoms with van der Waals surface area (Å²) in [6, 6.07) is 7.18. The summed E-state index contributed by atoms with van der Waals surface area (Å²) >= 11 is 11.0. The molecule has 1 aromatic carbocycles. The summed E-state index contributed by atoms with van der Waals surface area (Å²) in [6.07, 6.45) is 0. The first-order valence-electron chi connectivity index (χ1n) is 2.74. The van der Waals surface area contributed by atoms with Crippen molar-refractivity contribution in [1.29, 1.82) is 0 Å². The lowest BCUT2D eigenvalue weighted by Gasteiger charge is -2.02. The zero-order valence-electron chi connectivity index (χ0n) is 5.14. The number of benzene rings is 1. The highest BCUT2D eigenvalue weighted by Gasteiger charge is 2.06. The quantitative estimate of drug-likeness (QED) is 0.652. The third-order valence-electron chi connectivity index (χ3n) is 1.16. The Kier molecular flexibility index (Phi) is 2.41. The molecule has 0 aliphatic rings. The van der Waals surface area contributed by atoms with Crippen LogP contribution in [0.15, 0.2) is 24.3 Å². The summed E-state index contributed by atoms with van der Waals surface area (Å²) in [6.45, 7) is 0. The van der Waals surface area contributed by atoms with Crippen LogP contribution in [0.5, 0.6) is 0 Å². The molecule has 0 amide bonds. The van der Waals surface area contributed by atoms with Crippen molar-refractivity contribution >= 4 is 28.9 Å². The van der Waals surface area contributed by atoms with Crippen molar-refractivity contribution in [3.63, 3.8) is 0 Å². The largest absolute Gasteiger partial charge is 0.398 e. The Morgan fingerprint density at radius 2 is 1.80 bits per heavy atom. The number of anilines is 1. The van der Waals surface area contributed by atoms with Gasteiger partial charge in [0.2, 0.25) is 0 Å². The average molecular weight is 175 g/mol. The molecule has 0 aliphatic heterocycles. The van der Waals surface area contributed by atoms with Crippen LogP contribution in [-0.2, 0) is 0 Å². The van der Waals surface area contributed by atoms with Crippen molar-refractivity contribution in [2.24, 2.45) is 0 Å². The Morgan fingerprint density at radius 1 is 1.20 bits per heavy atom. The van der Waals surface area contributed by atoms with Crippen molar-refractivity contribution < 1.29 is 0 Å². The number of hydrogen-bond acceptors (Lipinski definition) is 1. The van der Waals surface area contributed by atoms with Gasteiger partial charge in [0.05, 0.1) is 0 Å². The van der Waals surface area contributed by atoms with Crippen LogP contribution < -0.4 is 5.73 Å². The minimum absolute atomic E-state index is 0.207. The monoisotopic (exact) mass is 174 g/mol. The second-order valence-corrected chi connectivity index (χ2v) is 2.80. The van der Waals surface area contributed by atoms with Crippen molar-refractivity contribution in [2.75, 3.05) is 5.73 Å². The van der Waals surface area contributed by atoms with E-state index in [1.807, 2.05) is 12.1 Å². The standard InChI is InChI=1S/C7H6Cl2N/c8-7(9)5-3-1-2-4-6(5)10/h1-4H,10H2. The molecular weight excluding hydrogens is 169 g/mol. The topological polar surface area (TPSA) is 26.0 Å². The molecule has 1 rings (SSSR count). The lowest BCUT2D eigenvalue weighted by molar-refractivity contribution is 1.54. The number of nitrogen functional groups attached to an aromatic ring is 1. The van der Waals surface area contributed by atoms with E-state index in [2.05, 4.69) is 0 Å². The third-order valence-corrected chi connectivity index (χ3v) is 1.57. The van der Waals surface area contributed by atoms with Crippen LogP contribution in [0.25, 0.3) is 0 Å². The molecule has 1 nitrogen and oxygen atoms in total. The maximum Gasteiger partial charge on any atom is 0.182 e. The highest BCUT2D eigenvalue weighted by atomic mass is 35.5. The van der Waals surface area contributed by atoms with Gasteiger partial charge in [-0.2, -0.15) is 0 Å². The van der Waals surface area contributed by atoms with E-state index in [4.69, 9.17) is 28.9 Å². The molecule has 0 fully saturated rings. The predicted octanol–water partition coefficient (Wildman–Crippen LogP) is 2.58. The van der Waals surface area contributed by atoms with Crippen LogP contribution in [0.4, 0.5) is 5.69 Å². The molecule has 3 heteroatoms. The zero-order valence-corrected chi connectivity index (χ0v) is 6.65. The summed E-state index contributed by atoms with van der Waals surface area (Å²) in [5.41, 5.74) is 6.82. The van der Waals surface area contributed by atoms with Crippen molar-refractivity contribution in [3.8, 4) is 0 Å². The maximum absolute atomic E-state index is 5.53. The summed E-state index contributed by atoms with van der Waals surface area (Å²) < 4.78 is 0. The average Bonchev–Trinajstić information content (AvgIpc) is 1.88. The fourth-order valence-electron chi connectivity index (χ4n) is 0.669. The zero-order chi connectivity index (χ0) is 7.56. The molecule has 0 heterocycles. The first kappa shape index (κ1) is 7.70. The van der Waals surface area contributed by atoms with Gasteiger partial charge in [-0.3, -0.25) is 0 Å². The fourth-order valence-corrected chi connectivity index (χ4v) is 1.01. The second kappa shape index (κ2) is 3.13. The molecule has 0 aromatic heterocycles. The molecule has 1 radical (unpaired) electrons. The number of rotatable bonds is 1. The fraction of sp³-hybridized carbons (Fsp3) is 0. The van der Waals surface area contributed by atoms with Crippen LogP contribution in [-0.4, -0.2) is 0 Å². The second-order valence-electron chi connectivity index (χ2n) is 1.85. The highest BCUT2D eigenvalue weighted by Crippen LogP contribution is 2.27. The molecule has 0 bridgehead atoms. The minimum atomic E-state index is 0.207. The van der Waals surface area contributed by atoms with E-state index in [0.717, 1.165) is 0 Å². The van der Waals surface area contributed by atoms with Gasteiger partial charge in [-0.1, -0.05) is 41.4 Å². The Hall–Kier alpha value is -0.400. The number of hydrogen-bond donors (Lipinski definition) is 1. The van der Waals surface area contributed by atoms with Crippen LogP contribution in [0.2, 0.25) is 0 Å². The van der Waals surface area contributed by atoms with Gasteiger partial charge >= 0.3 is 0 Å². The summed E-state index contributed by atoms with van der Waals surface area (Å²) in [4.78, 5) is 0.207. The van der Waals surface area contributed by atoms with Crippen LogP contribution in [0, 0.1) is 4.84 Å². The smallest absolute Gasteiger partial charge is 0.182 e. The molecular formula is C7H6Cl2N. The Labute approximate surface area is 69.7 Å². The Morgan fingerprint density at radius 3 is 2.20 bits per heavy atom. The summed E-state index contributed by atoms with van der Waals surface area (Å²) in [7, 11) is 0. The molecule has 0 unspecified atom stereocenters. The van der Waals surface area contributed by atoms with E-state index in [9.17, 15) is 0 Å². The van der Waals surface area contributed by atoms with E-state index in [-0.39, 0.29) is 4.84 Å². The highest BCUT2D eigenvalue weighted by molar-refractivity contribution is 6.55. The molecule has 53 valence electrons. The third kappa shape index (κ3) is 1.55. The van der Waals surface area contributed by atoms with Crippen molar-refractivity contribution in [2.45, 2.75) is 0 Å². The lowest BCUT2D eigenvalue weighted by Crippen LogP contribution is -1.92. The number of para-hydroxylation sites is 1. The van der Waals surface area contributed by atoms with E-state index >= 15 is 0 Å². The van der Waals surface area contributed by atoms with E-state index in [1.54, 1.807) is 12.1 Å². The van der Waals surface area contributed by atoms with Crippen LogP contribution >= 0.6 is 23.2 Å². The number of nitrogens with two attached hydrogens (primary N) is 1. The first-order chi connectivity index (χ1) is 4.72. The van der Waals surface area contributed by atoms with Gasteiger partial charge < -0.3 is 5.73 Å². The van der Waals surface area contributed by atoms with Gasteiger partial charge in [0.25, 0.3) is 0 Å². The molecule has 0 saturated heterocycles. The summed E-state index contributed by atoms with van der Waals surface area (Å²) in [5.74, 6) is 0. The van der Waals surface area contributed by atoms with E-state index in [0.29, 0.717) is 11.3 Å². The Balaban J connectivity index is 3.03. The molecule has 0 atom stereocenters. The van der Waals surface area contributed by atoms with Gasteiger partial charge in [0.1, 0.15) is 0 Å². The molecule has 0 saturated carbocycles. The van der Waals surface area contributed by atoms with E-state index < -0.39 is 0 Å². The maximum atomic E-state index is 5.53. The van der Waals surface area contributed by atoms with Gasteiger partial charge in [-0.25, -0.2) is 0 Å². The minimum Gasteiger partial charge on any atom is -0.398 e. The molecule has 0 aliphatic carbocycles. The molecule has 2 N–H and O–H groups in total. The number of halogens is 2. The molecule has 0 spiro atoms. The van der Waals surface area contributed by atoms with Gasteiger partial charge in [-0.05, 0) is 6.07 Å². The SMILES string of the molecule is Nc1ccccc1[C](Cl)Cl. The molecule has 1 aromatic rings. The van der Waals surface area contributed by atoms with Gasteiger partial charge in [0.15, 0.2) is 4.84 Å². The van der Waals surface area contributed by atoms with Crippen molar-refractivity contribution in [1.82, 2.24) is 0 Å². The Bertz CT molecular complexity index is 223. The molecule has 10 heavy (non-hydrogen) atoms. The lowest BCUT2D eigenvalue weighted by atomic mass is 10.2.